The fourth-order valence-electron chi connectivity index (χ4n) is 2.02. The van der Waals surface area contributed by atoms with E-state index in [-0.39, 0.29) is 11.8 Å². The van der Waals surface area contributed by atoms with Gasteiger partial charge in [-0.2, -0.15) is 0 Å². The molecule has 1 aromatic carbocycles. The highest BCUT2D eigenvalue weighted by molar-refractivity contribution is 9.10. The third-order valence-electron chi connectivity index (χ3n) is 3.19. The molecule has 0 spiro atoms. The summed E-state index contributed by atoms with van der Waals surface area (Å²) in [6.07, 6.45) is 4.23. The molecule has 0 saturated carbocycles. The summed E-state index contributed by atoms with van der Waals surface area (Å²) < 4.78 is 1.01. The van der Waals surface area contributed by atoms with Crippen LogP contribution in [0, 0.1) is 0 Å². The van der Waals surface area contributed by atoms with Crippen LogP contribution in [0.5, 0.6) is 0 Å². The summed E-state index contributed by atoms with van der Waals surface area (Å²) in [4.78, 5) is 27.4. The van der Waals surface area contributed by atoms with E-state index in [0.717, 1.165) is 10.0 Å². The number of pyridine rings is 1. The van der Waals surface area contributed by atoms with Crippen LogP contribution in [0.2, 0.25) is 0 Å². The number of halogens is 1. The first-order valence-corrected chi connectivity index (χ1v) is 8.14. The predicted octanol–water partition coefficient (Wildman–Crippen LogP) is 2.32. The number of hydrogen-bond donors (Lipinski definition) is 2. The minimum absolute atomic E-state index is 0.0272. The van der Waals surface area contributed by atoms with Crippen LogP contribution in [0.25, 0.3) is 0 Å². The Morgan fingerprint density at radius 2 is 1.91 bits per heavy atom. The molecule has 0 aliphatic heterocycles. The van der Waals surface area contributed by atoms with Crippen LogP contribution in [-0.4, -0.2) is 29.9 Å². The van der Waals surface area contributed by atoms with Gasteiger partial charge >= 0.3 is 0 Å². The maximum Gasteiger partial charge on any atom is 0.252 e. The maximum atomic E-state index is 11.8. The molecule has 2 amide bonds. The molecular formula is C17H18BrN3O2. The lowest BCUT2D eigenvalue weighted by molar-refractivity contribution is -0.121. The quantitative estimate of drug-likeness (QED) is 0.729. The van der Waals surface area contributed by atoms with Gasteiger partial charge in [0.2, 0.25) is 5.91 Å². The number of aromatic nitrogens is 1. The van der Waals surface area contributed by atoms with Gasteiger partial charge in [0.05, 0.1) is 5.56 Å². The average Bonchev–Trinajstić information content (AvgIpc) is 2.57. The van der Waals surface area contributed by atoms with E-state index in [9.17, 15) is 9.59 Å². The van der Waals surface area contributed by atoms with Gasteiger partial charge in [0.1, 0.15) is 0 Å². The summed E-state index contributed by atoms with van der Waals surface area (Å²) in [5.74, 6) is -0.220. The summed E-state index contributed by atoms with van der Waals surface area (Å²) in [5, 5.41) is 5.53. The van der Waals surface area contributed by atoms with Crippen LogP contribution in [0.1, 0.15) is 22.3 Å². The van der Waals surface area contributed by atoms with Gasteiger partial charge in [-0.15, -0.1) is 0 Å². The zero-order valence-corrected chi connectivity index (χ0v) is 14.2. The number of amides is 2. The SMILES string of the molecule is O=C(CCc1cccc(Br)c1)NCCNC(=O)c1cccnc1. The summed E-state index contributed by atoms with van der Waals surface area (Å²) >= 11 is 3.41. The van der Waals surface area contributed by atoms with E-state index in [1.165, 1.54) is 6.20 Å². The van der Waals surface area contributed by atoms with Crippen LogP contribution < -0.4 is 10.6 Å². The average molecular weight is 376 g/mol. The highest BCUT2D eigenvalue weighted by atomic mass is 79.9. The van der Waals surface area contributed by atoms with Crippen molar-refractivity contribution in [3.05, 3.63) is 64.4 Å². The number of nitrogens with one attached hydrogen (secondary N) is 2. The van der Waals surface area contributed by atoms with Gasteiger partial charge in [-0.25, -0.2) is 0 Å². The smallest absolute Gasteiger partial charge is 0.252 e. The molecule has 0 fully saturated rings. The molecule has 120 valence electrons. The van der Waals surface area contributed by atoms with Gasteiger partial charge in [0.25, 0.3) is 5.91 Å². The van der Waals surface area contributed by atoms with E-state index in [1.807, 2.05) is 24.3 Å². The van der Waals surface area contributed by atoms with Crippen molar-refractivity contribution in [2.24, 2.45) is 0 Å². The number of hydrogen-bond acceptors (Lipinski definition) is 3. The van der Waals surface area contributed by atoms with Gasteiger partial charge in [-0.3, -0.25) is 14.6 Å². The van der Waals surface area contributed by atoms with E-state index >= 15 is 0 Å². The zero-order chi connectivity index (χ0) is 16.5. The molecule has 23 heavy (non-hydrogen) atoms. The second-order valence-electron chi connectivity index (χ2n) is 4.98. The molecule has 6 heteroatoms. The Balaban J connectivity index is 1.62. The lowest BCUT2D eigenvalue weighted by Crippen LogP contribution is -2.34. The van der Waals surface area contributed by atoms with E-state index in [1.54, 1.807) is 18.3 Å². The summed E-state index contributed by atoms with van der Waals surface area (Å²) in [6, 6.07) is 11.3. The van der Waals surface area contributed by atoms with Gasteiger partial charge in [-0.05, 0) is 36.2 Å². The Bertz CT molecular complexity index is 662. The molecule has 5 nitrogen and oxygen atoms in total. The predicted molar refractivity (Wildman–Crippen MR) is 92.0 cm³/mol. The largest absolute Gasteiger partial charge is 0.354 e. The Morgan fingerprint density at radius 3 is 2.65 bits per heavy atom. The Kier molecular flexibility index (Phi) is 6.75. The third-order valence-corrected chi connectivity index (χ3v) is 3.68. The second-order valence-corrected chi connectivity index (χ2v) is 5.89. The van der Waals surface area contributed by atoms with Gasteiger partial charge in [0, 0.05) is 36.4 Å². The third kappa shape index (κ3) is 6.20. The number of rotatable bonds is 7. The minimum atomic E-state index is -0.193. The molecular weight excluding hydrogens is 358 g/mol. The summed E-state index contributed by atoms with van der Waals surface area (Å²) in [5.41, 5.74) is 1.62. The molecule has 1 heterocycles. The lowest BCUT2D eigenvalue weighted by Gasteiger charge is -2.07. The van der Waals surface area contributed by atoms with E-state index < -0.39 is 0 Å². The lowest BCUT2D eigenvalue weighted by atomic mass is 10.1. The second kappa shape index (κ2) is 9.05. The van der Waals surface area contributed by atoms with Crippen molar-refractivity contribution in [2.75, 3.05) is 13.1 Å². The molecule has 0 atom stereocenters. The molecule has 1 aromatic heterocycles. The van der Waals surface area contributed by atoms with E-state index in [2.05, 4.69) is 31.5 Å². The van der Waals surface area contributed by atoms with Gasteiger partial charge in [-0.1, -0.05) is 28.1 Å². The van der Waals surface area contributed by atoms with Crippen LogP contribution in [0.15, 0.2) is 53.3 Å². The van der Waals surface area contributed by atoms with Gasteiger partial charge < -0.3 is 10.6 Å². The monoisotopic (exact) mass is 375 g/mol. The number of aryl methyl sites for hydroxylation is 1. The minimum Gasteiger partial charge on any atom is -0.354 e. The van der Waals surface area contributed by atoms with E-state index in [4.69, 9.17) is 0 Å². The summed E-state index contributed by atoms with van der Waals surface area (Å²) in [7, 11) is 0. The Labute approximate surface area is 143 Å². The molecule has 0 bridgehead atoms. The molecule has 0 aliphatic rings. The van der Waals surface area contributed by atoms with Crippen LogP contribution in [0.3, 0.4) is 0 Å². The molecule has 0 radical (unpaired) electrons. The normalized spacial score (nSPS) is 10.1. The molecule has 0 aliphatic carbocycles. The zero-order valence-electron chi connectivity index (χ0n) is 12.6. The van der Waals surface area contributed by atoms with Crippen molar-refractivity contribution in [2.45, 2.75) is 12.8 Å². The van der Waals surface area contributed by atoms with Crippen molar-refractivity contribution in [1.29, 1.82) is 0 Å². The van der Waals surface area contributed by atoms with Crippen molar-refractivity contribution in [3.63, 3.8) is 0 Å². The van der Waals surface area contributed by atoms with Crippen molar-refractivity contribution in [3.8, 4) is 0 Å². The van der Waals surface area contributed by atoms with Crippen molar-refractivity contribution in [1.82, 2.24) is 15.6 Å². The van der Waals surface area contributed by atoms with Crippen LogP contribution >= 0.6 is 15.9 Å². The first-order chi connectivity index (χ1) is 11.1. The molecule has 2 aromatic rings. The maximum absolute atomic E-state index is 11.8. The standard InChI is InChI=1S/C17H18BrN3O2/c18-15-5-1-3-13(11-15)6-7-16(22)20-9-10-21-17(23)14-4-2-8-19-12-14/h1-5,8,11-12H,6-7,9-10H2,(H,20,22)(H,21,23). The van der Waals surface area contributed by atoms with Crippen LogP contribution in [-0.2, 0) is 11.2 Å². The number of benzene rings is 1. The first-order valence-electron chi connectivity index (χ1n) is 7.34. The number of carbonyl (C=O) groups excluding carboxylic acids is 2. The first kappa shape index (κ1) is 17.1. The van der Waals surface area contributed by atoms with E-state index in [0.29, 0.717) is 31.5 Å². The van der Waals surface area contributed by atoms with Crippen LogP contribution in [0.4, 0.5) is 0 Å². The number of nitrogens with zero attached hydrogens (tertiary/aromatic N) is 1. The topological polar surface area (TPSA) is 71.1 Å². The molecule has 0 unspecified atom stereocenters. The van der Waals surface area contributed by atoms with Crippen molar-refractivity contribution < 1.29 is 9.59 Å². The Morgan fingerprint density at radius 1 is 1.09 bits per heavy atom. The highest BCUT2D eigenvalue weighted by Crippen LogP contribution is 2.12. The summed E-state index contributed by atoms with van der Waals surface area (Å²) in [6.45, 7) is 0.791. The number of carbonyl (C=O) groups is 2. The van der Waals surface area contributed by atoms with Crippen molar-refractivity contribution >= 4 is 27.7 Å². The molecule has 0 saturated heterocycles. The molecule has 2 N–H and O–H groups in total. The molecule has 2 rings (SSSR count). The fourth-order valence-corrected chi connectivity index (χ4v) is 2.46. The Hall–Kier alpha value is -2.21. The highest BCUT2D eigenvalue weighted by Gasteiger charge is 2.05. The fraction of sp³-hybridized carbons (Fsp3) is 0.235. The van der Waals surface area contributed by atoms with Gasteiger partial charge in [0.15, 0.2) is 0 Å².